The summed E-state index contributed by atoms with van der Waals surface area (Å²) in [5.41, 5.74) is 0.147. The zero-order chi connectivity index (χ0) is 20.2. The minimum Gasteiger partial charge on any atom is -0.465 e. The molecule has 1 aromatic rings. The second-order valence-electron chi connectivity index (χ2n) is 6.25. The molecule has 28 heavy (non-hydrogen) atoms. The lowest BCUT2D eigenvalue weighted by atomic mass is 9.95. The van der Waals surface area contributed by atoms with Gasteiger partial charge in [0.15, 0.2) is 14.6 Å². The van der Waals surface area contributed by atoms with Crippen LogP contribution in [0.5, 0.6) is 0 Å². The van der Waals surface area contributed by atoms with Crippen LogP contribution in [0.3, 0.4) is 0 Å². The summed E-state index contributed by atoms with van der Waals surface area (Å²) in [6.07, 6.45) is 1.28. The number of anilines is 1. The Bertz CT molecular complexity index is 830. The lowest BCUT2D eigenvalue weighted by molar-refractivity contribution is -0.119. The van der Waals surface area contributed by atoms with E-state index in [0.29, 0.717) is 13.1 Å². The van der Waals surface area contributed by atoms with Crippen molar-refractivity contribution in [1.29, 1.82) is 0 Å². The molecule has 9 nitrogen and oxygen atoms in total. The Morgan fingerprint density at radius 2 is 1.46 bits per heavy atom. The number of carbonyl (C=O) groups is 3. The molecular weight excluding hydrogens is 412 g/mol. The Kier molecular flexibility index (Phi) is 7.97. The van der Waals surface area contributed by atoms with Gasteiger partial charge in [0.05, 0.1) is 25.3 Å². The van der Waals surface area contributed by atoms with Gasteiger partial charge in [-0.25, -0.2) is 18.0 Å². The van der Waals surface area contributed by atoms with Crippen LogP contribution in [0.4, 0.5) is 5.69 Å². The Labute approximate surface area is 169 Å². The fraction of sp³-hybridized carbons (Fsp3) is 0.471. The molecule has 0 aromatic heterocycles. The first kappa shape index (κ1) is 23.9. The van der Waals surface area contributed by atoms with Crippen LogP contribution < -0.4 is 10.6 Å². The second kappa shape index (κ2) is 9.35. The van der Waals surface area contributed by atoms with Gasteiger partial charge in [-0.05, 0) is 44.1 Å². The van der Waals surface area contributed by atoms with Crippen molar-refractivity contribution in [3.8, 4) is 0 Å². The number of sulfone groups is 1. The van der Waals surface area contributed by atoms with Crippen LogP contribution in [0, 0.1) is 0 Å². The van der Waals surface area contributed by atoms with Crippen molar-refractivity contribution in [2.24, 2.45) is 0 Å². The molecule has 0 atom stereocenters. The summed E-state index contributed by atoms with van der Waals surface area (Å²) >= 11 is 0. The molecule has 1 saturated heterocycles. The van der Waals surface area contributed by atoms with Gasteiger partial charge in [-0.1, -0.05) is 0 Å². The molecule has 2 rings (SSSR count). The van der Waals surface area contributed by atoms with Gasteiger partial charge in [0.25, 0.3) is 0 Å². The standard InChI is InChI=1S/C17H22N2O7S.ClH/c1-25-14(20)11-8-12(15(21)26-2)10-13(9-11)19-16(22)17(27(3,23)24)4-6-18-7-5-17;/h8-10,18H,4-7H2,1-3H3,(H,19,22);1H. The number of methoxy groups -OCH3 is 2. The fourth-order valence-electron chi connectivity index (χ4n) is 3.01. The van der Waals surface area contributed by atoms with Crippen LogP contribution in [0.1, 0.15) is 33.6 Å². The minimum absolute atomic E-state index is 0. The van der Waals surface area contributed by atoms with E-state index in [2.05, 4.69) is 20.1 Å². The van der Waals surface area contributed by atoms with Crippen LogP contribution >= 0.6 is 12.4 Å². The lowest BCUT2D eigenvalue weighted by Gasteiger charge is -2.34. The average molecular weight is 435 g/mol. The molecule has 0 unspecified atom stereocenters. The number of rotatable bonds is 5. The SMILES string of the molecule is COC(=O)c1cc(NC(=O)C2(S(C)(=O)=O)CCNCC2)cc(C(=O)OC)c1.Cl. The number of amides is 1. The topological polar surface area (TPSA) is 128 Å². The predicted molar refractivity (Wildman–Crippen MR) is 105 cm³/mol. The van der Waals surface area contributed by atoms with Crippen LogP contribution in [0.25, 0.3) is 0 Å². The van der Waals surface area contributed by atoms with E-state index in [4.69, 9.17) is 0 Å². The molecule has 1 aromatic carbocycles. The van der Waals surface area contributed by atoms with Gasteiger partial charge in [0.1, 0.15) is 0 Å². The van der Waals surface area contributed by atoms with E-state index in [0.717, 1.165) is 6.26 Å². The third-order valence-corrected chi connectivity index (χ3v) is 6.58. The van der Waals surface area contributed by atoms with E-state index in [1.807, 2.05) is 0 Å². The predicted octanol–water partition coefficient (Wildman–Crippen LogP) is 0.787. The second-order valence-corrected chi connectivity index (χ2v) is 8.58. The molecule has 1 aliphatic rings. The highest BCUT2D eigenvalue weighted by atomic mass is 35.5. The van der Waals surface area contributed by atoms with Crippen molar-refractivity contribution < 1.29 is 32.3 Å². The Morgan fingerprint density at radius 3 is 1.86 bits per heavy atom. The smallest absolute Gasteiger partial charge is 0.337 e. The maximum Gasteiger partial charge on any atom is 0.337 e. The molecule has 0 bridgehead atoms. The van der Waals surface area contributed by atoms with Gasteiger partial charge in [0, 0.05) is 11.9 Å². The zero-order valence-electron chi connectivity index (χ0n) is 15.7. The third-order valence-electron chi connectivity index (χ3n) is 4.57. The number of ether oxygens (including phenoxy) is 2. The summed E-state index contributed by atoms with van der Waals surface area (Å²) in [4.78, 5) is 36.6. The Balaban J connectivity index is 0.00000392. The molecule has 11 heteroatoms. The molecule has 0 saturated carbocycles. The number of halogens is 1. The van der Waals surface area contributed by atoms with Crippen LogP contribution in [-0.2, 0) is 24.1 Å². The first-order valence-electron chi connectivity index (χ1n) is 8.18. The number of carbonyl (C=O) groups excluding carboxylic acids is 3. The molecule has 2 N–H and O–H groups in total. The number of nitrogens with one attached hydrogen (secondary N) is 2. The van der Waals surface area contributed by atoms with Crippen molar-refractivity contribution in [2.75, 3.05) is 38.9 Å². The van der Waals surface area contributed by atoms with Crippen molar-refractivity contribution in [2.45, 2.75) is 17.6 Å². The van der Waals surface area contributed by atoms with E-state index in [1.54, 1.807) is 0 Å². The van der Waals surface area contributed by atoms with Gasteiger partial charge in [0.2, 0.25) is 5.91 Å². The lowest BCUT2D eigenvalue weighted by Crippen LogP contribution is -2.55. The molecule has 1 fully saturated rings. The van der Waals surface area contributed by atoms with Crippen LogP contribution in [0.2, 0.25) is 0 Å². The monoisotopic (exact) mass is 434 g/mol. The number of piperidine rings is 1. The normalized spacial score (nSPS) is 15.7. The van der Waals surface area contributed by atoms with Gasteiger partial charge in [-0.3, -0.25) is 4.79 Å². The van der Waals surface area contributed by atoms with Gasteiger partial charge in [-0.15, -0.1) is 12.4 Å². The van der Waals surface area contributed by atoms with E-state index in [-0.39, 0.29) is 42.1 Å². The molecule has 0 radical (unpaired) electrons. The number of esters is 2. The molecule has 1 heterocycles. The number of benzene rings is 1. The first-order valence-corrected chi connectivity index (χ1v) is 10.1. The van der Waals surface area contributed by atoms with Crippen LogP contribution in [0.15, 0.2) is 18.2 Å². The molecule has 0 aliphatic carbocycles. The summed E-state index contributed by atoms with van der Waals surface area (Å²) < 4.78 is 32.4. The number of hydrogen-bond donors (Lipinski definition) is 2. The first-order chi connectivity index (χ1) is 12.6. The van der Waals surface area contributed by atoms with E-state index in [1.165, 1.54) is 32.4 Å². The molecular formula is C17H23ClN2O7S. The molecule has 0 spiro atoms. The Hall–Kier alpha value is -2.17. The zero-order valence-corrected chi connectivity index (χ0v) is 17.4. The Morgan fingerprint density at radius 1 is 1.00 bits per heavy atom. The largest absolute Gasteiger partial charge is 0.465 e. The third kappa shape index (κ3) is 4.81. The highest BCUT2D eigenvalue weighted by Crippen LogP contribution is 2.30. The maximum absolute atomic E-state index is 12.9. The molecule has 1 aliphatic heterocycles. The average Bonchev–Trinajstić information content (AvgIpc) is 2.65. The quantitative estimate of drug-likeness (QED) is 0.651. The van der Waals surface area contributed by atoms with Crippen molar-refractivity contribution in [3.63, 3.8) is 0 Å². The van der Waals surface area contributed by atoms with Gasteiger partial charge in [-0.2, -0.15) is 0 Å². The van der Waals surface area contributed by atoms with E-state index in [9.17, 15) is 22.8 Å². The summed E-state index contributed by atoms with van der Waals surface area (Å²) in [5.74, 6) is -2.13. The van der Waals surface area contributed by atoms with Crippen molar-refractivity contribution in [3.05, 3.63) is 29.3 Å². The highest BCUT2D eigenvalue weighted by molar-refractivity contribution is 7.92. The summed E-state index contributed by atoms with van der Waals surface area (Å²) in [6.45, 7) is 0.770. The van der Waals surface area contributed by atoms with Crippen LogP contribution in [-0.4, -0.2) is 64.6 Å². The summed E-state index contributed by atoms with van der Waals surface area (Å²) in [5, 5.41) is 5.56. The number of hydrogen-bond acceptors (Lipinski definition) is 8. The van der Waals surface area contributed by atoms with Crippen molar-refractivity contribution in [1.82, 2.24) is 5.32 Å². The van der Waals surface area contributed by atoms with E-state index < -0.39 is 32.4 Å². The van der Waals surface area contributed by atoms with E-state index >= 15 is 0 Å². The summed E-state index contributed by atoms with van der Waals surface area (Å²) in [6, 6.07) is 3.89. The maximum atomic E-state index is 12.9. The minimum atomic E-state index is -3.70. The molecule has 1 amide bonds. The molecule has 156 valence electrons. The fourth-order valence-corrected chi connectivity index (χ4v) is 4.35. The van der Waals surface area contributed by atoms with Crippen molar-refractivity contribution >= 4 is 45.8 Å². The van der Waals surface area contributed by atoms with Gasteiger partial charge < -0.3 is 20.1 Å². The van der Waals surface area contributed by atoms with Gasteiger partial charge >= 0.3 is 11.9 Å². The highest BCUT2D eigenvalue weighted by Gasteiger charge is 2.48. The summed E-state index contributed by atoms with van der Waals surface area (Å²) in [7, 11) is -1.35.